The predicted molar refractivity (Wildman–Crippen MR) is 202 cm³/mol. The van der Waals surface area contributed by atoms with Crippen LogP contribution in [0.25, 0.3) is 44.2 Å². The van der Waals surface area contributed by atoms with Gasteiger partial charge in [-0.05, 0) is 87.3 Å². The number of hydrogen-bond donors (Lipinski definition) is 0. The summed E-state index contributed by atoms with van der Waals surface area (Å²) in [7, 11) is 0. The van der Waals surface area contributed by atoms with E-state index < -0.39 is 0 Å². The molecule has 0 amide bonds. The monoisotopic (exact) mass is 629 g/mol. The summed E-state index contributed by atoms with van der Waals surface area (Å²) in [6, 6.07) is 65.6. The molecule has 1 aliphatic rings. The summed E-state index contributed by atoms with van der Waals surface area (Å²) in [5.41, 5.74) is 10.2. The fourth-order valence-corrected chi connectivity index (χ4v) is 6.65. The van der Waals surface area contributed by atoms with Crippen molar-refractivity contribution >= 4 is 27.8 Å². The second-order valence-electron chi connectivity index (χ2n) is 12.2. The lowest BCUT2D eigenvalue weighted by atomic mass is 10.00. The highest BCUT2D eigenvalue weighted by molar-refractivity contribution is 5.95. The third-order valence-corrected chi connectivity index (χ3v) is 9.14. The Morgan fingerprint density at radius 2 is 0.694 bits per heavy atom. The van der Waals surface area contributed by atoms with Gasteiger partial charge in [-0.3, -0.25) is 0 Å². The van der Waals surface area contributed by atoms with Crippen LogP contribution in [0.3, 0.4) is 0 Å². The van der Waals surface area contributed by atoms with Crippen LogP contribution in [0, 0.1) is 0 Å². The molecule has 0 saturated heterocycles. The molecular weight excluding hydrogens is 599 g/mol. The van der Waals surface area contributed by atoms with Crippen molar-refractivity contribution in [2.24, 2.45) is 0 Å². The minimum atomic E-state index is 0.669. The normalized spacial score (nSPS) is 11.6. The van der Waals surface area contributed by atoms with Crippen LogP contribution in [0.5, 0.6) is 23.0 Å². The predicted octanol–water partition coefficient (Wildman–Crippen LogP) is 13.2. The average molecular weight is 630 g/mol. The first-order valence-corrected chi connectivity index (χ1v) is 16.5. The Morgan fingerprint density at radius 1 is 0.286 bits per heavy atom. The molecule has 0 radical (unpaired) electrons. The molecule has 0 saturated carbocycles. The maximum atomic E-state index is 6.58. The number of fused-ring (bicyclic) bond motifs is 1. The van der Waals surface area contributed by atoms with Crippen molar-refractivity contribution in [2.75, 3.05) is 4.90 Å². The van der Waals surface area contributed by atoms with Gasteiger partial charge in [-0.25, -0.2) is 0 Å². The lowest BCUT2D eigenvalue weighted by Gasteiger charge is -2.26. The molecule has 0 spiro atoms. The van der Waals surface area contributed by atoms with Crippen LogP contribution in [-0.4, -0.2) is 0 Å². The van der Waals surface area contributed by atoms with Gasteiger partial charge in [0.25, 0.3) is 0 Å². The molecule has 8 aromatic rings. The van der Waals surface area contributed by atoms with Crippen LogP contribution in [-0.2, 0) is 0 Å². The van der Waals surface area contributed by atoms with E-state index in [1.54, 1.807) is 0 Å². The Bertz CT molecular complexity index is 2400. The molecule has 8 aromatic carbocycles. The van der Waals surface area contributed by atoms with Crippen LogP contribution in [0.1, 0.15) is 0 Å². The summed E-state index contributed by atoms with van der Waals surface area (Å²) in [6.45, 7) is 0. The zero-order valence-corrected chi connectivity index (χ0v) is 26.7. The highest BCUT2D eigenvalue weighted by atomic mass is 16.5. The van der Waals surface area contributed by atoms with Gasteiger partial charge in [-0.15, -0.1) is 0 Å². The van der Waals surface area contributed by atoms with Gasteiger partial charge in [0.15, 0.2) is 11.5 Å². The van der Waals surface area contributed by atoms with E-state index in [1.807, 2.05) is 42.5 Å². The summed E-state index contributed by atoms with van der Waals surface area (Å²) in [5.74, 6) is 2.93. The number of nitrogens with zero attached hydrogens (tertiary/aromatic N) is 1. The molecular formula is C46H31NO2. The van der Waals surface area contributed by atoms with Crippen molar-refractivity contribution in [2.45, 2.75) is 0 Å². The van der Waals surface area contributed by atoms with Crippen LogP contribution >= 0.6 is 0 Å². The van der Waals surface area contributed by atoms with E-state index in [0.717, 1.165) is 44.9 Å². The molecule has 0 N–H and O–H groups in total. The van der Waals surface area contributed by atoms with Gasteiger partial charge < -0.3 is 14.4 Å². The fraction of sp³-hybridized carbons (Fsp3) is 0. The highest BCUT2D eigenvalue weighted by Crippen LogP contribution is 2.48. The van der Waals surface area contributed by atoms with Gasteiger partial charge in [0.2, 0.25) is 0 Å². The Balaban J connectivity index is 1.10. The molecule has 232 valence electrons. The Labute approximate surface area is 285 Å². The molecule has 3 nitrogen and oxygen atoms in total. The highest BCUT2D eigenvalue weighted by Gasteiger charge is 2.21. The van der Waals surface area contributed by atoms with Crippen LogP contribution in [0.2, 0.25) is 0 Å². The minimum absolute atomic E-state index is 0.669. The molecule has 0 unspecified atom stereocenters. The van der Waals surface area contributed by atoms with E-state index in [9.17, 15) is 0 Å². The second-order valence-corrected chi connectivity index (χ2v) is 12.2. The standard InChI is InChI=1S/C46H31NO2/c1-3-9-32(10-4-1)34-17-19-35(20-18-34)37-23-27-40(28-24-37)47(39-25-21-36(22-26-39)33-11-5-2-6-12-33)41-29-30-42-45(31-41)49-44-16-8-14-38-13-7-15-43(48-42)46(38)44/h1-31H. The van der Waals surface area contributed by atoms with Crippen LogP contribution in [0.4, 0.5) is 17.1 Å². The van der Waals surface area contributed by atoms with E-state index in [-0.39, 0.29) is 0 Å². The lowest BCUT2D eigenvalue weighted by molar-refractivity contribution is 0.439. The molecule has 0 atom stereocenters. The van der Waals surface area contributed by atoms with E-state index in [1.165, 1.54) is 27.8 Å². The number of hydrogen-bond acceptors (Lipinski definition) is 3. The molecule has 0 bridgehead atoms. The van der Waals surface area contributed by atoms with Gasteiger partial charge in [0.1, 0.15) is 11.5 Å². The maximum absolute atomic E-state index is 6.58. The minimum Gasteiger partial charge on any atom is -0.453 e. The summed E-state index contributed by atoms with van der Waals surface area (Å²) >= 11 is 0. The molecule has 49 heavy (non-hydrogen) atoms. The first-order chi connectivity index (χ1) is 24.3. The van der Waals surface area contributed by atoms with Crippen molar-refractivity contribution < 1.29 is 9.47 Å². The van der Waals surface area contributed by atoms with Gasteiger partial charge in [-0.2, -0.15) is 0 Å². The van der Waals surface area contributed by atoms with Gasteiger partial charge in [0.05, 0.1) is 11.1 Å². The second kappa shape index (κ2) is 12.2. The Kier molecular flexibility index (Phi) is 7.14. The van der Waals surface area contributed by atoms with Gasteiger partial charge in [-0.1, -0.05) is 133 Å². The van der Waals surface area contributed by atoms with E-state index in [4.69, 9.17) is 9.47 Å². The number of rotatable bonds is 6. The molecule has 0 aromatic heterocycles. The van der Waals surface area contributed by atoms with Crippen molar-refractivity contribution in [1.29, 1.82) is 0 Å². The van der Waals surface area contributed by atoms with E-state index in [2.05, 4.69) is 150 Å². The zero-order chi connectivity index (χ0) is 32.6. The van der Waals surface area contributed by atoms with Crippen molar-refractivity contribution in [3.8, 4) is 56.4 Å². The van der Waals surface area contributed by atoms with Crippen molar-refractivity contribution in [3.05, 3.63) is 188 Å². The SMILES string of the molecule is c1ccc(-c2ccc(-c3ccc(N(c4ccc(-c5ccccc5)cc4)c4ccc5c(c4)Oc4cccc6cccc(c46)O5)cc3)cc2)cc1. The smallest absolute Gasteiger partial charge is 0.172 e. The third kappa shape index (κ3) is 5.48. The summed E-state index contributed by atoms with van der Waals surface area (Å²) in [5, 5.41) is 2.06. The summed E-state index contributed by atoms with van der Waals surface area (Å²) < 4.78 is 13.0. The molecule has 0 fully saturated rings. The number of anilines is 3. The molecule has 0 aliphatic carbocycles. The lowest BCUT2D eigenvalue weighted by Crippen LogP contribution is -2.10. The Hall–Kier alpha value is -6.58. The zero-order valence-electron chi connectivity index (χ0n) is 26.7. The third-order valence-electron chi connectivity index (χ3n) is 9.14. The molecule has 3 heteroatoms. The largest absolute Gasteiger partial charge is 0.453 e. The van der Waals surface area contributed by atoms with Gasteiger partial charge in [0, 0.05) is 17.4 Å². The van der Waals surface area contributed by atoms with Crippen molar-refractivity contribution in [1.82, 2.24) is 0 Å². The number of benzene rings is 8. The Morgan fingerprint density at radius 3 is 1.18 bits per heavy atom. The topological polar surface area (TPSA) is 21.7 Å². The summed E-state index contributed by atoms with van der Waals surface area (Å²) in [4.78, 5) is 2.26. The average Bonchev–Trinajstić information content (AvgIpc) is 3.34. The van der Waals surface area contributed by atoms with Crippen LogP contribution < -0.4 is 14.4 Å². The fourth-order valence-electron chi connectivity index (χ4n) is 6.65. The van der Waals surface area contributed by atoms with E-state index >= 15 is 0 Å². The van der Waals surface area contributed by atoms with E-state index in [0.29, 0.717) is 11.5 Å². The molecule has 9 rings (SSSR count). The summed E-state index contributed by atoms with van der Waals surface area (Å²) in [6.07, 6.45) is 0. The van der Waals surface area contributed by atoms with Crippen LogP contribution in [0.15, 0.2) is 188 Å². The molecule has 1 heterocycles. The molecule has 1 aliphatic heterocycles. The first kappa shape index (κ1) is 28.6. The maximum Gasteiger partial charge on any atom is 0.172 e. The van der Waals surface area contributed by atoms with Gasteiger partial charge >= 0.3 is 0 Å². The first-order valence-electron chi connectivity index (χ1n) is 16.5. The van der Waals surface area contributed by atoms with Crippen molar-refractivity contribution in [3.63, 3.8) is 0 Å². The number of ether oxygens (including phenoxy) is 2. The quantitative estimate of drug-likeness (QED) is 0.183.